The summed E-state index contributed by atoms with van der Waals surface area (Å²) < 4.78 is 10.8. The first-order valence-electron chi connectivity index (χ1n) is 7.04. The Morgan fingerprint density at radius 2 is 2.10 bits per heavy atom. The summed E-state index contributed by atoms with van der Waals surface area (Å²) >= 11 is 1.68. The van der Waals surface area contributed by atoms with Gasteiger partial charge in [0, 0.05) is 23.4 Å². The lowest BCUT2D eigenvalue weighted by atomic mass is 10.0. The number of methoxy groups -OCH3 is 2. The van der Waals surface area contributed by atoms with Crippen LogP contribution in [0.3, 0.4) is 0 Å². The first kappa shape index (κ1) is 15.8. The van der Waals surface area contributed by atoms with Gasteiger partial charge in [-0.05, 0) is 31.7 Å². The molecule has 21 heavy (non-hydrogen) atoms. The van der Waals surface area contributed by atoms with Gasteiger partial charge in [0.05, 0.1) is 24.9 Å². The van der Waals surface area contributed by atoms with E-state index in [1.165, 1.54) is 0 Å². The van der Waals surface area contributed by atoms with Crippen molar-refractivity contribution in [1.82, 2.24) is 10.3 Å². The Hall–Kier alpha value is -1.59. The van der Waals surface area contributed by atoms with Crippen molar-refractivity contribution >= 4 is 11.3 Å². The first-order chi connectivity index (χ1) is 10.2. The summed E-state index contributed by atoms with van der Waals surface area (Å²) in [5.41, 5.74) is 2.21. The molecule has 0 spiro atoms. The summed E-state index contributed by atoms with van der Waals surface area (Å²) in [7, 11) is 3.37. The van der Waals surface area contributed by atoms with E-state index < -0.39 is 0 Å². The van der Waals surface area contributed by atoms with E-state index in [-0.39, 0.29) is 6.04 Å². The van der Waals surface area contributed by atoms with E-state index in [1.807, 2.05) is 25.1 Å². The highest BCUT2D eigenvalue weighted by Gasteiger charge is 2.18. The zero-order chi connectivity index (χ0) is 15.2. The van der Waals surface area contributed by atoms with Crippen molar-refractivity contribution in [1.29, 1.82) is 0 Å². The fraction of sp³-hybridized carbons (Fsp3) is 0.438. The second-order valence-electron chi connectivity index (χ2n) is 4.78. The van der Waals surface area contributed by atoms with Crippen molar-refractivity contribution in [2.45, 2.75) is 26.3 Å². The second kappa shape index (κ2) is 7.43. The number of hydrogen-bond donors (Lipinski definition) is 1. The summed E-state index contributed by atoms with van der Waals surface area (Å²) in [5, 5.41) is 6.72. The van der Waals surface area contributed by atoms with Crippen LogP contribution >= 0.6 is 11.3 Å². The monoisotopic (exact) mass is 306 g/mol. The van der Waals surface area contributed by atoms with Crippen molar-refractivity contribution in [3.63, 3.8) is 0 Å². The number of likely N-dealkylation sites (N-methyl/N-ethyl adjacent to an activating group) is 1. The van der Waals surface area contributed by atoms with E-state index in [2.05, 4.69) is 22.6 Å². The molecular formula is C16H22N2O2S. The van der Waals surface area contributed by atoms with Gasteiger partial charge in [0.1, 0.15) is 11.5 Å². The van der Waals surface area contributed by atoms with E-state index in [0.717, 1.165) is 40.7 Å². The molecule has 0 saturated carbocycles. The highest BCUT2D eigenvalue weighted by atomic mass is 32.1. The number of hydrogen-bond acceptors (Lipinski definition) is 5. The van der Waals surface area contributed by atoms with Gasteiger partial charge in [-0.25, -0.2) is 4.98 Å². The van der Waals surface area contributed by atoms with Gasteiger partial charge in [0.15, 0.2) is 0 Å². The molecule has 0 bridgehead atoms. The third kappa shape index (κ3) is 3.95. The van der Waals surface area contributed by atoms with Crippen LogP contribution in [0.1, 0.15) is 29.2 Å². The molecule has 0 aliphatic carbocycles. The third-order valence-electron chi connectivity index (χ3n) is 3.34. The molecule has 2 rings (SSSR count). The predicted molar refractivity (Wildman–Crippen MR) is 86.5 cm³/mol. The quantitative estimate of drug-likeness (QED) is 0.852. The molecule has 5 heteroatoms. The van der Waals surface area contributed by atoms with Crippen molar-refractivity contribution < 1.29 is 9.47 Å². The average Bonchev–Trinajstić information content (AvgIpc) is 2.91. The molecule has 4 nitrogen and oxygen atoms in total. The molecule has 1 aromatic carbocycles. The first-order valence-corrected chi connectivity index (χ1v) is 7.92. The number of ether oxygens (including phenoxy) is 2. The molecule has 114 valence electrons. The van der Waals surface area contributed by atoms with Gasteiger partial charge in [0.25, 0.3) is 0 Å². The average molecular weight is 306 g/mol. The molecular weight excluding hydrogens is 284 g/mol. The standard InChI is InChI=1S/C16H22N2O2S/c1-5-17-15(8-12-10-21-11(2)18-12)14-9-13(19-3)6-7-16(14)20-4/h6-7,9-10,15,17H,5,8H2,1-4H3. The Bertz CT molecular complexity index is 583. The third-order valence-corrected chi connectivity index (χ3v) is 4.16. The molecule has 2 aromatic rings. The van der Waals surface area contributed by atoms with Crippen LogP contribution in [0.15, 0.2) is 23.6 Å². The molecule has 0 aliphatic heterocycles. The summed E-state index contributed by atoms with van der Waals surface area (Å²) in [6, 6.07) is 6.05. The van der Waals surface area contributed by atoms with Crippen molar-refractivity contribution in [2.75, 3.05) is 20.8 Å². The maximum Gasteiger partial charge on any atom is 0.123 e. The van der Waals surface area contributed by atoms with Crippen molar-refractivity contribution in [2.24, 2.45) is 0 Å². The number of thiazole rings is 1. The maximum absolute atomic E-state index is 5.50. The van der Waals surface area contributed by atoms with Crippen LogP contribution in [0.25, 0.3) is 0 Å². The lowest BCUT2D eigenvalue weighted by molar-refractivity contribution is 0.389. The van der Waals surface area contributed by atoms with E-state index in [0.29, 0.717) is 0 Å². The van der Waals surface area contributed by atoms with Gasteiger partial charge >= 0.3 is 0 Å². The van der Waals surface area contributed by atoms with Crippen molar-refractivity contribution in [3.8, 4) is 11.5 Å². The van der Waals surface area contributed by atoms with Gasteiger partial charge in [-0.3, -0.25) is 0 Å². The van der Waals surface area contributed by atoms with Gasteiger partial charge in [0.2, 0.25) is 0 Å². The number of aromatic nitrogens is 1. The van der Waals surface area contributed by atoms with Crippen LogP contribution < -0.4 is 14.8 Å². The largest absolute Gasteiger partial charge is 0.497 e. The molecule has 0 saturated heterocycles. The topological polar surface area (TPSA) is 43.4 Å². The van der Waals surface area contributed by atoms with Gasteiger partial charge in [-0.1, -0.05) is 6.92 Å². The van der Waals surface area contributed by atoms with Gasteiger partial charge in [-0.2, -0.15) is 0 Å². The van der Waals surface area contributed by atoms with E-state index in [4.69, 9.17) is 9.47 Å². The number of nitrogens with zero attached hydrogens (tertiary/aromatic N) is 1. The number of nitrogens with one attached hydrogen (secondary N) is 1. The van der Waals surface area contributed by atoms with Gasteiger partial charge < -0.3 is 14.8 Å². The van der Waals surface area contributed by atoms with Crippen LogP contribution in [0, 0.1) is 6.92 Å². The van der Waals surface area contributed by atoms with E-state index >= 15 is 0 Å². The Kier molecular flexibility index (Phi) is 5.59. The minimum Gasteiger partial charge on any atom is -0.497 e. The SMILES string of the molecule is CCNC(Cc1csc(C)n1)c1cc(OC)ccc1OC. The molecule has 0 amide bonds. The summed E-state index contributed by atoms with van der Waals surface area (Å²) in [5.74, 6) is 1.71. The smallest absolute Gasteiger partial charge is 0.123 e. The van der Waals surface area contributed by atoms with E-state index in [1.54, 1.807) is 25.6 Å². The Labute approximate surface area is 130 Å². The van der Waals surface area contributed by atoms with Crippen LogP contribution in [-0.2, 0) is 6.42 Å². The fourth-order valence-corrected chi connectivity index (χ4v) is 2.99. The lowest BCUT2D eigenvalue weighted by Gasteiger charge is -2.20. The highest BCUT2D eigenvalue weighted by Crippen LogP contribution is 2.31. The maximum atomic E-state index is 5.50. The summed E-state index contributed by atoms with van der Waals surface area (Å²) in [6.45, 7) is 5.02. The minimum atomic E-state index is 0.154. The number of aryl methyl sites for hydroxylation is 1. The fourth-order valence-electron chi connectivity index (χ4n) is 2.36. The summed E-state index contributed by atoms with van der Waals surface area (Å²) in [6.07, 6.45) is 0.835. The Morgan fingerprint density at radius 3 is 2.67 bits per heavy atom. The lowest BCUT2D eigenvalue weighted by Crippen LogP contribution is -2.23. The molecule has 0 fully saturated rings. The molecule has 1 aromatic heterocycles. The normalized spacial score (nSPS) is 12.2. The zero-order valence-corrected chi connectivity index (χ0v) is 13.8. The molecule has 1 N–H and O–H groups in total. The van der Waals surface area contributed by atoms with Crippen molar-refractivity contribution in [3.05, 3.63) is 39.8 Å². The Balaban J connectivity index is 2.31. The molecule has 1 heterocycles. The van der Waals surface area contributed by atoms with Gasteiger partial charge in [-0.15, -0.1) is 11.3 Å². The Morgan fingerprint density at radius 1 is 1.29 bits per heavy atom. The van der Waals surface area contributed by atoms with Crippen LogP contribution in [0.5, 0.6) is 11.5 Å². The predicted octanol–water partition coefficient (Wildman–Crippen LogP) is 3.36. The summed E-state index contributed by atoms with van der Waals surface area (Å²) in [4.78, 5) is 4.56. The molecule has 0 radical (unpaired) electrons. The molecule has 1 unspecified atom stereocenters. The molecule has 1 atom stereocenters. The van der Waals surface area contributed by atoms with Crippen LogP contribution in [0.2, 0.25) is 0 Å². The second-order valence-corrected chi connectivity index (χ2v) is 5.84. The zero-order valence-electron chi connectivity index (χ0n) is 13.0. The minimum absolute atomic E-state index is 0.154. The van der Waals surface area contributed by atoms with Crippen LogP contribution in [-0.4, -0.2) is 25.7 Å². The van der Waals surface area contributed by atoms with E-state index in [9.17, 15) is 0 Å². The number of benzene rings is 1. The van der Waals surface area contributed by atoms with Crippen LogP contribution in [0.4, 0.5) is 0 Å². The number of rotatable bonds is 7. The molecule has 0 aliphatic rings. The highest BCUT2D eigenvalue weighted by molar-refractivity contribution is 7.09.